The average Bonchev–Trinajstić information content (AvgIpc) is 2.46. The Hall–Kier alpha value is -2.03. The van der Waals surface area contributed by atoms with E-state index in [1.54, 1.807) is 0 Å². The van der Waals surface area contributed by atoms with Gasteiger partial charge in [-0.05, 0) is 36.1 Å². The van der Waals surface area contributed by atoms with Crippen molar-refractivity contribution in [1.29, 1.82) is 0 Å². The molecule has 0 amide bonds. The van der Waals surface area contributed by atoms with Crippen molar-refractivity contribution < 1.29 is 4.74 Å². The fourth-order valence-electron chi connectivity index (χ4n) is 1.88. The number of nitrogens with one attached hydrogen (secondary N) is 1. The van der Waals surface area contributed by atoms with E-state index in [1.807, 2.05) is 30.3 Å². The van der Waals surface area contributed by atoms with Crippen molar-refractivity contribution in [1.82, 2.24) is 4.98 Å². The van der Waals surface area contributed by atoms with E-state index in [9.17, 15) is 0 Å². The Bertz CT molecular complexity index is 552. The standard InChI is InChI=1S/C17H22N2O/c1-4-11-18-16-9-6-10-17(19-16)20-15-8-5-7-14(12-15)13(2)3/h5-10,12-13H,4,11H2,1-3H3,(H,18,19). The molecule has 1 aromatic heterocycles. The Balaban J connectivity index is 2.11. The Morgan fingerprint density at radius 2 is 1.95 bits per heavy atom. The molecule has 3 heteroatoms. The molecule has 0 aliphatic rings. The lowest BCUT2D eigenvalue weighted by Gasteiger charge is -2.10. The summed E-state index contributed by atoms with van der Waals surface area (Å²) in [5.74, 6) is 2.79. The maximum absolute atomic E-state index is 5.84. The summed E-state index contributed by atoms with van der Waals surface area (Å²) in [5.41, 5.74) is 1.27. The lowest BCUT2D eigenvalue weighted by molar-refractivity contribution is 0.462. The molecule has 1 heterocycles. The lowest BCUT2D eigenvalue weighted by Crippen LogP contribution is -2.02. The number of aromatic nitrogens is 1. The highest BCUT2D eigenvalue weighted by atomic mass is 16.5. The molecule has 1 aromatic carbocycles. The van der Waals surface area contributed by atoms with Crippen LogP contribution in [-0.4, -0.2) is 11.5 Å². The topological polar surface area (TPSA) is 34.1 Å². The van der Waals surface area contributed by atoms with Crippen LogP contribution in [-0.2, 0) is 0 Å². The second-order valence-electron chi connectivity index (χ2n) is 5.12. The molecular formula is C17H22N2O. The summed E-state index contributed by atoms with van der Waals surface area (Å²) in [6.07, 6.45) is 1.07. The number of nitrogens with zero attached hydrogens (tertiary/aromatic N) is 1. The summed E-state index contributed by atoms with van der Waals surface area (Å²) in [5, 5.41) is 3.26. The molecule has 0 aliphatic heterocycles. The average molecular weight is 270 g/mol. The minimum atomic E-state index is 0.490. The summed E-state index contributed by atoms with van der Waals surface area (Å²) < 4.78 is 5.84. The van der Waals surface area contributed by atoms with Crippen molar-refractivity contribution >= 4 is 5.82 Å². The number of hydrogen-bond acceptors (Lipinski definition) is 3. The van der Waals surface area contributed by atoms with Gasteiger partial charge in [0.15, 0.2) is 0 Å². The van der Waals surface area contributed by atoms with Gasteiger partial charge in [0.25, 0.3) is 0 Å². The number of benzene rings is 1. The quantitative estimate of drug-likeness (QED) is 0.817. The zero-order valence-corrected chi connectivity index (χ0v) is 12.4. The van der Waals surface area contributed by atoms with Crippen molar-refractivity contribution in [3.63, 3.8) is 0 Å². The Morgan fingerprint density at radius 3 is 2.70 bits per heavy atom. The van der Waals surface area contributed by atoms with Crippen LogP contribution in [0.3, 0.4) is 0 Å². The minimum absolute atomic E-state index is 0.490. The van der Waals surface area contributed by atoms with Gasteiger partial charge in [-0.1, -0.05) is 39.0 Å². The van der Waals surface area contributed by atoms with Crippen LogP contribution in [0.4, 0.5) is 5.82 Å². The monoisotopic (exact) mass is 270 g/mol. The summed E-state index contributed by atoms with van der Waals surface area (Å²) in [7, 11) is 0. The molecule has 0 bridgehead atoms. The molecule has 1 N–H and O–H groups in total. The SMILES string of the molecule is CCCNc1cccc(Oc2cccc(C(C)C)c2)n1. The van der Waals surface area contributed by atoms with Gasteiger partial charge in [-0.3, -0.25) is 0 Å². The van der Waals surface area contributed by atoms with E-state index in [4.69, 9.17) is 4.74 Å². The second kappa shape index (κ2) is 6.94. The van der Waals surface area contributed by atoms with Gasteiger partial charge >= 0.3 is 0 Å². The van der Waals surface area contributed by atoms with Gasteiger partial charge in [0.2, 0.25) is 5.88 Å². The third-order valence-electron chi connectivity index (χ3n) is 3.03. The zero-order chi connectivity index (χ0) is 14.4. The van der Waals surface area contributed by atoms with Gasteiger partial charge in [0.05, 0.1) is 0 Å². The van der Waals surface area contributed by atoms with Crippen molar-refractivity contribution in [3.05, 3.63) is 48.0 Å². The van der Waals surface area contributed by atoms with Crippen LogP contribution in [0.5, 0.6) is 11.6 Å². The third kappa shape index (κ3) is 3.98. The highest BCUT2D eigenvalue weighted by Crippen LogP contribution is 2.24. The van der Waals surface area contributed by atoms with Crippen LogP contribution in [0.1, 0.15) is 38.7 Å². The van der Waals surface area contributed by atoms with Crippen molar-refractivity contribution in [2.75, 3.05) is 11.9 Å². The summed E-state index contributed by atoms with van der Waals surface area (Å²) in [6.45, 7) is 7.39. The maximum atomic E-state index is 5.84. The minimum Gasteiger partial charge on any atom is -0.439 e. The van der Waals surface area contributed by atoms with Gasteiger partial charge in [-0.2, -0.15) is 4.98 Å². The number of ether oxygens (including phenoxy) is 1. The predicted octanol–water partition coefficient (Wildman–Crippen LogP) is 4.82. The van der Waals surface area contributed by atoms with Crippen molar-refractivity contribution in [2.45, 2.75) is 33.1 Å². The fourth-order valence-corrected chi connectivity index (χ4v) is 1.88. The number of rotatable bonds is 6. The van der Waals surface area contributed by atoms with Gasteiger partial charge in [0, 0.05) is 12.6 Å². The largest absolute Gasteiger partial charge is 0.439 e. The van der Waals surface area contributed by atoms with E-state index < -0.39 is 0 Å². The fraction of sp³-hybridized carbons (Fsp3) is 0.353. The Labute approximate surface area is 121 Å². The highest BCUT2D eigenvalue weighted by molar-refractivity contribution is 5.39. The summed E-state index contributed by atoms with van der Waals surface area (Å²) >= 11 is 0. The lowest BCUT2D eigenvalue weighted by atomic mass is 10.0. The van der Waals surface area contributed by atoms with E-state index in [-0.39, 0.29) is 0 Å². The first kappa shape index (κ1) is 14.4. The molecule has 0 saturated carbocycles. The molecule has 2 rings (SSSR count). The number of pyridine rings is 1. The molecule has 0 radical (unpaired) electrons. The van der Waals surface area contributed by atoms with Crippen LogP contribution in [0, 0.1) is 0 Å². The van der Waals surface area contributed by atoms with Crippen molar-refractivity contribution in [3.8, 4) is 11.6 Å². The first-order valence-electron chi connectivity index (χ1n) is 7.17. The second-order valence-corrected chi connectivity index (χ2v) is 5.12. The van der Waals surface area contributed by atoms with E-state index in [2.05, 4.69) is 43.2 Å². The Morgan fingerprint density at radius 1 is 1.15 bits per heavy atom. The smallest absolute Gasteiger partial charge is 0.221 e. The van der Waals surface area contributed by atoms with E-state index in [0.717, 1.165) is 24.5 Å². The molecule has 0 fully saturated rings. The van der Waals surface area contributed by atoms with Crippen LogP contribution in [0.15, 0.2) is 42.5 Å². The summed E-state index contributed by atoms with van der Waals surface area (Å²) in [4.78, 5) is 4.45. The zero-order valence-electron chi connectivity index (χ0n) is 12.4. The van der Waals surface area contributed by atoms with E-state index >= 15 is 0 Å². The van der Waals surface area contributed by atoms with Crippen molar-refractivity contribution in [2.24, 2.45) is 0 Å². The molecule has 0 atom stereocenters. The maximum Gasteiger partial charge on any atom is 0.221 e. The van der Waals surface area contributed by atoms with E-state index in [0.29, 0.717) is 11.8 Å². The highest BCUT2D eigenvalue weighted by Gasteiger charge is 2.03. The van der Waals surface area contributed by atoms with Gasteiger partial charge in [-0.25, -0.2) is 0 Å². The van der Waals surface area contributed by atoms with Crippen LogP contribution < -0.4 is 10.1 Å². The third-order valence-corrected chi connectivity index (χ3v) is 3.03. The van der Waals surface area contributed by atoms with Gasteiger partial charge < -0.3 is 10.1 Å². The molecule has 106 valence electrons. The van der Waals surface area contributed by atoms with Crippen LogP contribution in [0.2, 0.25) is 0 Å². The number of anilines is 1. The van der Waals surface area contributed by atoms with Crippen LogP contribution >= 0.6 is 0 Å². The van der Waals surface area contributed by atoms with Gasteiger partial charge in [0.1, 0.15) is 11.6 Å². The Kier molecular flexibility index (Phi) is 4.99. The predicted molar refractivity (Wildman–Crippen MR) is 83.6 cm³/mol. The molecular weight excluding hydrogens is 248 g/mol. The molecule has 3 nitrogen and oxygen atoms in total. The number of hydrogen-bond donors (Lipinski definition) is 1. The normalized spacial score (nSPS) is 10.6. The molecule has 0 spiro atoms. The molecule has 0 saturated heterocycles. The molecule has 0 unspecified atom stereocenters. The molecule has 0 aliphatic carbocycles. The van der Waals surface area contributed by atoms with E-state index in [1.165, 1.54) is 5.56 Å². The molecule has 2 aromatic rings. The van der Waals surface area contributed by atoms with Crippen LogP contribution in [0.25, 0.3) is 0 Å². The van der Waals surface area contributed by atoms with Gasteiger partial charge in [-0.15, -0.1) is 0 Å². The molecule has 20 heavy (non-hydrogen) atoms. The first-order valence-corrected chi connectivity index (χ1v) is 7.17. The first-order chi connectivity index (χ1) is 9.69. The summed E-state index contributed by atoms with van der Waals surface area (Å²) in [6, 6.07) is 13.9.